The highest BCUT2D eigenvalue weighted by molar-refractivity contribution is 6.32. The zero-order chi connectivity index (χ0) is 13.1. The van der Waals surface area contributed by atoms with Gasteiger partial charge in [0.2, 0.25) is 0 Å². The van der Waals surface area contributed by atoms with Gasteiger partial charge in [-0.3, -0.25) is 0 Å². The number of allylic oxidation sites excluding steroid dienone is 1. The fourth-order valence-electron chi connectivity index (χ4n) is 1.71. The van der Waals surface area contributed by atoms with Crippen molar-refractivity contribution in [2.45, 2.75) is 6.92 Å². The molecule has 0 amide bonds. The van der Waals surface area contributed by atoms with Crippen molar-refractivity contribution in [3.8, 4) is 0 Å². The summed E-state index contributed by atoms with van der Waals surface area (Å²) in [5, 5.41) is 0.597. The van der Waals surface area contributed by atoms with E-state index < -0.39 is 11.6 Å². The molecule has 2 aromatic rings. The van der Waals surface area contributed by atoms with Crippen molar-refractivity contribution in [2.24, 2.45) is 0 Å². The van der Waals surface area contributed by atoms with Gasteiger partial charge in [-0.15, -0.1) is 0 Å². The van der Waals surface area contributed by atoms with Crippen LogP contribution in [0.2, 0.25) is 5.02 Å². The number of benzene rings is 2. The third-order valence-electron chi connectivity index (χ3n) is 2.63. The molecule has 0 nitrogen and oxygen atoms in total. The van der Waals surface area contributed by atoms with Crippen LogP contribution >= 0.6 is 11.6 Å². The maximum absolute atomic E-state index is 13.6. The van der Waals surface area contributed by atoms with E-state index in [4.69, 9.17) is 11.6 Å². The molecule has 0 aliphatic carbocycles. The van der Waals surface area contributed by atoms with Gasteiger partial charge in [0.25, 0.3) is 0 Å². The van der Waals surface area contributed by atoms with Crippen LogP contribution in [0.4, 0.5) is 8.78 Å². The fraction of sp³-hybridized carbons (Fsp3) is 0.0667. The molecule has 0 aliphatic heterocycles. The van der Waals surface area contributed by atoms with E-state index in [0.29, 0.717) is 16.2 Å². The van der Waals surface area contributed by atoms with E-state index in [1.165, 1.54) is 12.1 Å². The van der Waals surface area contributed by atoms with Gasteiger partial charge >= 0.3 is 0 Å². The molecule has 0 saturated heterocycles. The van der Waals surface area contributed by atoms with Crippen LogP contribution in [-0.2, 0) is 0 Å². The van der Waals surface area contributed by atoms with Crippen molar-refractivity contribution >= 4 is 23.3 Å². The molecule has 3 heteroatoms. The fourth-order valence-corrected chi connectivity index (χ4v) is 1.90. The van der Waals surface area contributed by atoms with Crippen LogP contribution in [0.5, 0.6) is 0 Å². The first-order valence-electron chi connectivity index (χ1n) is 5.46. The standard InChI is InChI=1S/C15H11ClF2/c1-10(8-11-4-2-3-5-14(11)16)13-7-6-12(17)9-15(13)18/h2-9H,1H3/b10-8+. The molecule has 2 rings (SSSR count). The van der Waals surface area contributed by atoms with Crippen LogP contribution < -0.4 is 0 Å². The Morgan fingerprint density at radius 2 is 1.83 bits per heavy atom. The molecular weight excluding hydrogens is 254 g/mol. The summed E-state index contributed by atoms with van der Waals surface area (Å²) in [5.74, 6) is -1.16. The molecular formula is C15H11ClF2. The van der Waals surface area contributed by atoms with Crippen molar-refractivity contribution in [3.63, 3.8) is 0 Å². The second-order valence-electron chi connectivity index (χ2n) is 3.97. The summed E-state index contributed by atoms with van der Waals surface area (Å²) in [6, 6.07) is 10.8. The molecule has 92 valence electrons. The van der Waals surface area contributed by atoms with Crippen molar-refractivity contribution < 1.29 is 8.78 Å². The highest BCUT2D eigenvalue weighted by Crippen LogP contribution is 2.24. The van der Waals surface area contributed by atoms with E-state index in [1.54, 1.807) is 19.1 Å². The minimum atomic E-state index is -0.582. The lowest BCUT2D eigenvalue weighted by atomic mass is 10.0. The summed E-state index contributed by atoms with van der Waals surface area (Å²) in [6.07, 6.45) is 1.78. The summed E-state index contributed by atoms with van der Waals surface area (Å²) >= 11 is 6.02. The van der Waals surface area contributed by atoms with E-state index in [2.05, 4.69) is 0 Å². The van der Waals surface area contributed by atoms with E-state index in [1.807, 2.05) is 18.2 Å². The predicted octanol–water partition coefficient (Wildman–Crippen LogP) is 5.18. The Kier molecular flexibility index (Phi) is 3.78. The zero-order valence-electron chi connectivity index (χ0n) is 9.75. The summed E-state index contributed by atoms with van der Waals surface area (Å²) in [5.41, 5.74) is 1.87. The number of rotatable bonds is 2. The third-order valence-corrected chi connectivity index (χ3v) is 2.98. The molecule has 0 aromatic heterocycles. The second kappa shape index (κ2) is 5.32. The minimum Gasteiger partial charge on any atom is -0.207 e. The molecule has 0 fully saturated rings. The Labute approximate surface area is 110 Å². The first kappa shape index (κ1) is 12.8. The summed E-state index contributed by atoms with van der Waals surface area (Å²) in [4.78, 5) is 0. The largest absolute Gasteiger partial charge is 0.207 e. The number of halogens is 3. The van der Waals surface area contributed by atoms with Crippen molar-refractivity contribution in [3.05, 3.63) is 70.2 Å². The first-order valence-corrected chi connectivity index (χ1v) is 5.84. The Bertz CT molecular complexity index is 603. The lowest BCUT2D eigenvalue weighted by molar-refractivity contribution is 0.581. The van der Waals surface area contributed by atoms with E-state index in [-0.39, 0.29) is 0 Å². The van der Waals surface area contributed by atoms with Crippen LogP contribution in [0.1, 0.15) is 18.1 Å². The van der Waals surface area contributed by atoms with Crippen LogP contribution in [-0.4, -0.2) is 0 Å². The molecule has 0 aliphatic rings. The smallest absolute Gasteiger partial charge is 0.133 e. The van der Waals surface area contributed by atoms with E-state index >= 15 is 0 Å². The molecule has 0 radical (unpaired) electrons. The quantitative estimate of drug-likeness (QED) is 0.656. The van der Waals surface area contributed by atoms with Gasteiger partial charge in [-0.25, -0.2) is 8.78 Å². The first-order chi connectivity index (χ1) is 8.58. The van der Waals surface area contributed by atoms with Gasteiger partial charge in [0, 0.05) is 16.7 Å². The molecule has 0 spiro atoms. The van der Waals surface area contributed by atoms with E-state index in [0.717, 1.165) is 11.6 Å². The Morgan fingerprint density at radius 3 is 2.50 bits per heavy atom. The molecule has 0 unspecified atom stereocenters. The SMILES string of the molecule is C/C(=C\c1ccccc1Cl)c1ccc(F)cc1F. The zero-order valence-corrected chi connectivity index (χ0v) is 10.5. The molecule has 0 heterocycles. The average molecular weight is 265 g/mol. The molecule has 2 aromatic carbocycles. The predicted molar refractivity (Wildman–Crippen MR) is 71.4 cm³/mol. The van der Waals surface area contributed by atoms with Gasteiger partial charge in [-0.2, -0.15) is 0 Å². The van der Waals surface area contributed by atoms with Crippen LogP contribution in [0, 0.1) is 11.6 Å². The van der Waals surface area contributed by atoms with Gasteiger partial charge in [0.15, 0.2) is 0 Å². The van der Waals surface area contributed by atoms with Crippen molar-refractivity contribution in [1.29, 1.82) is 0 Å². The Balaban J connectivity index is 2.42. The maximum atomic E-state index is 13.6. The molecule has 0 N–H and O–H groups in total. The normalized spacial score (nSPS) is 11.7. The lowest BCUT2D eigenvalue weighted by Gasteiger charge is -2.05. The average Bonchev–Trinajstić information content (AvgIpc) is 2.32. The second-order valence-corrected chi connectivity index (χ2v) is 4.38. The van der Waals surface area contributed by atoms with Gasteiger partial charge < -0.3 is 0 Å². The third kappa shape index (κ3) is 2.77. The van der Waals surface area contributed by atoms with Gasteiger partial charge in [-0.05, 0) is 42.3 Å². The summed E-state index contributed by atoms with van der Waals surface area (Å²) in [6.45, 7) is 1.76. The van der Waals surface area contributed by atoms with Crippen LogP contribution in [0.25, 0.3) is 11.6 Å². The highest BCUT2D eigenvalue weighted by Gasteiger charge is 2.06. The van der Waals surface area contributed by atoms with Crippen molar-refractivity contribution in [1.82, 2.24) is 0 Å². The molecule has 0 saturated carbocycles. The summed E-state index contributed by atoms with van der Waals surface area (Å²) in [7, 11) is 0. The topological polar surface area (TPSA) is 0 Å². The van der Waals surface area contributed by atoms with Crippen molar-refractivity contribution in [2.75, 3.05) is 0 Å². The van der Waals surface area contributed by atoms with Crippen LogP contribution in [0.15, 0.2) is 42.5 Å². The minimum absolute atomic E-state index is 0.372. The maximum Gasteiger partial charge on any atom is 0.133 e. The Morgan fingerprint density at radius 1 is 1.11 bits per heavy atom. The number of hydrogen-bond acceptors (Lipinski definition) is 0. The van der Waals surface area contributed by atoms with Gasteiger partial charge in [0.05, 0.1) is 0 Å². The Hall–Kier alpha value is -1.67. The van der Waals surface area contributed by atoms with E-state index in [9.17, 15) is 8.78 Å². The van der Waals surface area contributed by atoms with Crippen LogP contribution in [0.3, 0.4) is 0 Å². The molecule has 0 atom stereocenters. The monoisotopic (exact) mass is 264 g/mol. The molecule has 0 bridgehead atoms. The summed E-state index contributed by atoms with van der Waals surface area (Å²) < 4.78 is 26.4. The van der Waals surface area contributed by atoms with Gasteiger partial charge in [-0.1, -0.05) is 29.8 Å². The van der Waals surface area contributed by atoms with Gasteiger partial charge in [0.1, 0.15) is 11.6 Å². The molecule has 18 heavy (non-hydrogen) atoms. The lowest BCUT2D eigenvalue weighted by Crippen LogP contribution is -1.88. The number of hydrogen-bond donors (Lipinski definition) is 0. The highest BCUT2D eigenvalue weighted by atomic mass is 35.5.